The lowest BCUT2D eigenvalue weighted by atomic mass is 9.84. The summed E-state index contributed by atoms with van der Waals surface area (Å²) in [6.07, 6.45) is 4.51. The predicted octanol–water partition coefficient (Wildman–Crippen LogP) is 5.54. The lowest BCUT2D eigenvalue weighted by Gasteiger charge is -2.46. The third-order valence-electron chi connectivity index (χ3n) is 6.48. The van der Waals surface area contributed by atoms with E-state index in [0.717, 1.165) is 46.9 Å². The van der Waals surface area contributed by atoms with Crippen LogP contribution >= 0.6 is 0 Å². The first-order valence-corrected chi connectivity index (χ1v) is 10.4. The Bertz CT molecular complexity index is 1320. The number of piperidine rings is 1. The molecule has 0 radical (unpaired) electrons. The first-order valence-electron chi connectivity index (χ1n) is 10.4. The molecule has 0 unspecified atom stereocenters. The lowest BCUT2D eigenvalue weighted by molar-refractivity contribution is -0.0591. The van der Waals surface area contributed by atoms with Crippen LogP contribution in [0.5, 0.6) is 11.5 Å². The fourth-order valence-electron chi connectivity index (χ4n) is 5.03. The molecular weight excluding hydrogens is 370 g/mol. The van der Waals surface area contributed by atoms with E-state index in [-0.39, 0.29) is 0 Å². The van der Waals surface area contributed by atoms with Crippen LogP contribution in [-0.4, -0.2) is 18.9 Å². The highest BCUT2D eigenvalue weighted by Crippen LogP contribution is 2.49. The average molecular weight is 389 g/mol. The van der Waals surface area contributed by atoms with E-state index >= 15 is 0 Å². The molecular formula is C27H19NO2. The Labute approximate surface area is 174 Å². The predicted molar refractivity (Wildman–Crippen MR) is 121 cm³/mol. The van der Waals surface area contributed by atoms with Crippen molar-refractivity contribution in [1.82, 2.24) is 5.32 Å². The Morgan fingerprint density at radius 3 is 1.63 bits per heavy atom. The summed E-state index contributed by atoms with van der Waals surface area (Å²) in [5.41, 5.74) is 4.49. The van der Waals surface area contributed by atoms with Gasteiger partial charge in [0.15, 0.2) is 0 Å². The van der Waals surface area contributed by atoms with Gasteiger partial charge in [-0.05, 0) is 45.8 Å². The minimum Gasteiger partial charge on any atom is -0.444 e. The van der Waals surface area contributed by atoms with Gasteiger partial charge in [0.2, 0.25) is 0 Å². The van der Waals surface area contributed by atoms with Gasteiger partial charge in [-0.15, -0.1) is 0 Å². The molecule has 3 nitrogen and oxygen atoms in total. The third kappa shape index (κ3) is 2.08. The zero-order valence-corrected chi connectivity index (χ0v) is 16.3. The van der Waals surface area contributed by atoms with E-state index in [1.165, 1.54) is 21.5 Å². The second-order valence-electron chi connectivity index (χ2n) is 8.16. The van der Waals surface area contributed by atoms with Gasteiger partial charge in [0, 0.05) is 35.4 Å². The molecule has 0 aromatic heterocycles. The van der Waals surface area contributed by atoms with E-state index in [0.29, 0.717) is 0 Å². The summed E-state index contributed by atoms with van der Waals surface area (Å²) in [4.78, 5) is 0. The van der Waals surface area contributed by atoms with Crippen molar-refractivity contribution in [3.63, 3.8) is 0 Å². The van der Waals surface area contributed by atoms with Crippen LogP contribution in [-0.2, 0) is 0 Å². The maximum absolute atomic E-state index is 6.71. The van der Waals surface area contributed by atoms with Crippen molar-refractivity contribution in [2.45, 2.75) is 5.79 Å². The molecule has 3 heterocycles. The first kappa shape index (κ1) is 16.3. The zero-order valence-electron chi connectivity index (χ0n) is 16.3. The van der Waals surface area contributed by atoms with Crippen LogP contribution in [0.3, 0.4) is 0 Å². The largest absolute Gasteiger partial charge is 0.444 e. The number of rotatable bonds is 0. The maximum atomic E-state index is 6.71. The van der Waals surface area contributed by atoms with Crippen LogP contribution < -0.4 is 14.8 Å². The highest BCUT2D eigenvalue weighted by molar-refractivity contribution is 5.96. The van der Waals surface area contributed by atoms with Crippen LogP contribution in [0.2, 0.25) is 0 Å². The molecule has 144 valence electrons. The normalized spacial score (nSPS) is 18.1. The maximum Gasteiger partial charge on any atom is 0.300 e. The quantitative estimate of drug-likeness (QED) is 0.428. The van der Waals surface area contributed by atoms with Gasteiger partial charge in [0.1, 0.15) is 11.5 Å². The van der Waals surface area contributed by atoms with Gasteiger partial charge in [-0.1, -0.05) is 60.7 Å². The molecule has 30 heavy (non-hydrogen) atoms. The lowest BCUT2D eigenvalue weighted by Crippen LogP contribution is -2.56. The molecule has 7 rings (SSSR count). The van der Waals surface area contributed by atoms with Crippen molar-refractivity contribution in [3.05, 3.63) is 95.1 Å². The van der Waals surface area contributed by atoms with Gasteiger partial charge >= 0.3 is 0 Å². The molecule has 0 atom stereocenters. The van der Waals surface area contributed by atoms with Gasteiger partial charge in [0.25, 0.3) is 5.79 Å². The number of hydrogen-bond donors (Lipinski definition) is 1. The molecule has 0 amide bonds. The van der Waals surface area contributed by atoms with Crippen LogP contribution in [0.15, 0.2) is 83.9 Å². The van der Waals surface area contributed by atoms with Gasteiger partial charge in [0.05, 0.1) is 0 Å². The summed E-state index contributed by atoms with van der Waals surface area (Å²) in [5, 5.41) is 8.38. The molecule has 1 N–H and O–H groups in total. The number of nitrogens with one attached hydrogen (secondary N) is 1. The summed E-state index contributed by atoms with van der Waals surface area (Å²) in [7, 11) is 0. The van der Waals surface area contributed by atoms with Crippen molar-refractivity contribution < 1.29 is 9.47 Å². The Morgan fingerprint density at radius 2 is 1.10 bits per heavy atom. The number of benzene rings is 4. The zero-order chi connectivity index (χ0) is 19.7. The molecule has 3 aliphatic rings. The number of ether oxygens (including phenoxy) is 2. The summed E-state index contributed by atoms with van der Waals surface area (Å²) >= 11 is 0. The third-order valence-corrected chi connectivity index (χ3v) is 6.48. The molecule has 1 spiro atoms. The molecule has 1 fully saturated rings. The van der Waals surface area contributed by atoms with Crippen molar-refractivity contribution in [1.29, 1.82) is 0 Å². The minimum atomic E-state index is -0.865. The molecule has 4 aromatic carbocycles. The highest BCUT2D eigenvalue weighted by atomic mass is 16.7. The fraction of sp³-hybridized carbons (Fsp3) is 0.111. The standard InChI is InChI=1S/C27H19NO2/c1-3-7-21-17(5-1)9-11-25-23(21)13-19-15-28-16-20-14-24-22-8-4-2-6-18(22)10-12-26(24)30-27(19,20)29-25/h1-14,28H,15-16H2. The molecule has 0 saturated carbocycles. The molecule has 1 saturated heterocycles. The van der Waals surface area contributed by atoms with E-state index in [1.54, 1.807) is 0 Å². The second-order valence-corrected chi connectivity index (χ2v) is 8.16. The van der Waals surface area contributed by atoms with Crippen molar-refractivity contribution in [2.75, 3.05) is 13.1 Å². The Hall–Kier alpha value is -3.56. The van der Waals surface area contributed by atoms with Crippen molar-refractivity contribution in [3.8, 4) is 11.5 Å². The Kier molecular flexibility index (Phi) is 3.11. The molecule has 4 aromatic rings. The SMILES string of the molecule is C1=C2CNCC3=Cc4c(ccc5ccccc45)OC23Oc2ccc3ccccc3c21. The van der Waals surface area contributed by atoms with Gasteiger partial charge in [-0.2, -0.15) is 0 Å². The summed E-state index contributed by atoms with van der Waals surface area (Å²) in [5.74, 6) is 0.875. The van der Waals surface area contributed by atoms with E-state index < -0.39 is 5.79 Å². The van der Waals surface area contributed by atoms with Crippen LogP contribution in [0.4, 0.5) is 0 Å². The van der Waals surface area contributed by atoms with E-state index in [1.807, 2.05) is 0 Å². The fourth-order valence-corrected chi connectivity index (χ4v) is 5.03. The molecule has 3 aliphatic heterocycles. The second kappa shape index (κ2) is 5.74. The topological polar surface area (TPSA) is 30.5 Å². The summed E-state index contributed by atoms with van der Waals surface area (Å²) in [6.45, 7) is 1.48. The minimum absolute atomic E-state index is 0.739. The summed E-state index contributed by atoms with van der Waals surface area (Å²) in [6, 6.07) is 25.3. The number of fused-ring (bicyclic) bond motifs is 6. The van der Waals surface area contributed by atoms with Crippen molar-refractivity contribution >= 4 is 33.7 Å². The number of hydrogen-bond acceptors (Lipinski definition) is 3. The van der Waals surface area contributed by atoms with Crippen LogP contribution in [0, 0.1) is 0 Å². The summed E-state index contributed by atoms with van der Waals surface area (Å²) < 4.78 is 13.4. The van der Waals surface area contributed by atoms with E-state index in [9.17, 15) is 0 Å². The van der Waals surface area contributed by atoms with Gasteiger partial charge in [-0.3, -0.25) is 0 Å². The average Bonchev–Trinajstić information content (AvgIpc) is 2.80. The Balaban J connectivity index is 1.46. The van der Waals surface area contributed by atoms with Crippen LogP contribution in [0.1, 0.15) is 11.1 Å². The smallest absolute Gasteiger partial charge is 0.300 e. The molecule has 3 heteroatoms. The monoisotopic (exact) mass is 389 g/mol. The van der Waals surface area contributed by atoms with Gasteiger partial charge < -0.3 is 14.8 Å². The van der Waals surface area contributed by atoms with E-state index in [2.05, 4.69) is 90.3 Å². The van der Waals surface area contributed by atoms with E-state index in [4.69, 9.17) is 9.47 Å². The highest BCUT2D eigenvalue weighted by Gasteiger charge is 2.50. The first-order chi connectivity index (χ1) is 14.8. The van der Waals surface area contributed by atoms with Crippen LogP contribution in [0.25, 0.3) is 33.7 Å². The molecule has 0 bridgehead atoms. The van der Waals surface area contributed by atoms with Crippen molar-refractivity contribution in [2.24, 2.45) is 0 Å². The van der Waals surface area contributed by atoms with Gasteiger partial charge in [-0.25, -0.2) is 0 Å². The molecule has 0 aliphatic carbocycles. The Morgan fingerprint density at radius 1 is 0.600 bits per heavy atom.